The van der Waals surface area contributed by atoms with Crippen molar-refractivity contribution in [3.63, 3.8) is 0 Å². The molecule has 28 heavy (non-hydrogen) atoms. The molecule has 0 aliphatic heterocycles. The highest BCUT2D eigenvalue weighted by atomic mass is 32.2. The zero-order valence-corrected chi connectivity index (χ0v) is 16.9. The van der Waals surface area contributed by atoms with Crippen LogP contribution in [0.4, 0.5) is 10.7 Å². The van der Waals surface area contributed by atoms with E-state index in [0.29, 0.717) is 16.3 Å². The van der Waals surface area contributed by atoms with Gasteiger partial charge in [0, 0.05) is 21.5 Å². The molecule has 3 aromatic rings. The van der Waals surface area contributed by atoms with E-state index >= 15 is 0 Å². The van der Waals surface area contributed by atoms with Crippen LogP contribution in [0.25, 0.3) is 11.1 Å². The minimum absolute atomic E-state index is 0.195. The van der Waals surface area contributed by atoms with Gasteiger partial charge in [-0.3, -0.25) is 4.79 Å². The van der Waals surface area contributed by atoms with E-state index in [-0.39, 0.29) is 18.3 Å². The Labute approximate surface area is 171 Å². The Bertz CT molecular complexity index is 971. The van der Waals surface area contributed by atoms with Crippen molar-refractivity contribution < 1.29 is 14.3 Å². The molecule has 0 unspecified atom stereocenters. The molecule has 3 N–H and O–H groups in total. The number of rotatable bonds is 7. The summed E-state index contributed by atoms with van der Waals surface area (Å²) in [6.07, 6.45) is 0. The average Bonchev–Trinajstić information content (AvgIpc) is 3.11. The first-order valence-corrected chi connectivity index (χ1v) is 10.6. The van der Waals surface area contributed by atoms with Crippen LogP contribution in [-0.4, -0.2) is 24.2 Å². The van der Waals surface area contributed by atoms with Gasteiger partial charge >= 0.3 is 5.97 Å². The highest BCUT2D eigenvalue weighted by molar-refractivity contribution is 8.00. The molecular weight excluding hydrogens is 392 g/mol. The fourth-order valence-electron chi connectivity index (χ4n) is 2.60. The van der Waals surface area contributed by atoms with Crippen LogP contribution < -0.4 is 11.1 Å². The van der Waals surface area contributed by atoms with E-state index in [9.17, 15) is 9.59 Å². The van der Waals surface area contributed by atoms with Crippen LogP contribution in [0.15, 0.2) is 64.9 Å². The first-order chi connectivity index (χ1) is 13.6. The lowest BCUT2D eigenvalue weighted by Gasteiger charge is -2.09. The molecule has 3 rings (SSSR count). The van der Waals surface area contributed by atoms with Gasteiger partial charge in [0.25, 0.3) is 0 Å². The van der Waals surface area contributed by atoms with Gasteiger partial charge in [0.15, 0.2) is 0 Å². The minimum atomic E-state index is -0.443. The van der Waals surface area contributed by atoms with E-state index < -0.39 is 5.97 Å². The second-order valence-electron chi connectivity index (χ2n) is 5.85. The highest BCUT2D eigenvalue weighted by Crippen LogP contribution is 2.36. The predicted octanol–water partition coefficient (Wildman–Crippen LogP) is 4.90. The number of ether oxygens (including phenoxy) is 1. The quantitative estimate of drug-likeness (QED) is 0.327. The number of carbonyl (C=O) groups is 2. The first-order valence-electron chi connectivity index (χ1n) is 8.70. The van der Waals surface area contributed by atoms with Crippen LogP contribution in [-0.2, 0) is 9.53 Å². The molecule has 1 heterocycles. The monoisotopic (exact) mass is 412 g/mol. The molecule has 7 heteroatoms. The van der Waals surface area contributed by atoms with Gasteiger partial charge in [0.05, 0.1) is 12.4 Å². The molecule has 0 radical (unpaired) electrons. The summed E-state index contributed by atoms with van der Waals surface area (Å²) < 4.78 is 5.21. The number of nitrogens with two attached hydrogens (primary N) is 1. The number of thiophene rings is 1. The van der Waals surface area contributed by atoms with Gasteiger partial charge in [0.1, 0.15) is 10.6 Å². The van der Waals surface area contributed by atoms with E-state index in [4.69, 9.17) is 10.5 Å². The maximum atomic E-state index is 12.5. The van der Waals surface area contributed by atoms with Crippen LogP contribution in [0.2, 0.25) is 0 Å². The van der Waals surface area contributed by atoms with Crippen molar-refractivity contribution in [1.29, 1.82) is 0 Å². The number of nitrogens with one attached hydrogen (secondary N) is 1. The molecular formula is C21H20N2O3S2. The molecule has 0 aliphatic rings. The zero-order chi connectivity index (χ0) is 19.9. The zero-order valence-electron chi connectivity index (χ0n) is 15.3. The van der Waals surface area contributed by atoms with Crippen molar-refractivity contribution in [3.05, 3.63) is 65.5 Å². The summed E-state index contributed by atoms with van der Waals surface area (Å²) in [6, 6.07) is 16.9. The van der Waals surface area contributed by atoms with Gasteiger partial charge < -0.3 is 15.8 Å². The third-order valence-corrected chi connectivity index (χ3v) is 5.73. The Balaban J connectivity index is 1.78. The van der Waals surface area contributed by atoms with Crippen molar-refractivity contribution in [1.82, 2.24) is 0 Å². The Morgan fingerprint density at radius 2 is 1.93 bits per heavy atom. The number of benzene rings is 2. The molecule has 0 bridgehead atoms. The summed E-state index contributed by atoms with van der Waals surface area (Å²) in [6.45, 7) is 2.02. The molecule has 1 aromatic heterocycles. The first kappa shape index (κ1) is 20.0. The van der Waals surface area contributed by atoms with Gasteiger partial charge in [-0.25, -0.2) is 4.79 Å². The normalized spacial score (nSPS) is 10.5. The summed E-state index contributed by atoms with van der Waals surface area (Å²) in [7, 11) is 0. The van der Waals surface area contributed by atoms with Crippen LogP contribution >= 0.6 is 23.1 Å². The van der Waals surface area contributed by atoms with Crippen molar-refractivity contribution in [3.8, 4) is 11.1 Å². The minimum Gasteiger partial charge on any atom is -0.462 e. The Hall–Kier alpha value is -2.77. The fraction of sp³-hybridized carbons (Fsp3) is 0.143. The summed E-state index contributed by atoms with van der Waals surface area (Å²) in [4.78, 5) is 25.9. The largest absolute Gasteiger partial charge is 0.462 e. The number of esters is 1. The summed E-state index contributed by atoms with van der Waals surface area (Å²) in [5.74, 6) is -0.426. The topological polar surface area (TPSA) is 81.4 Å². The molecule has 0 saturated heterocycles. The number of amides is 1. The third kappa shape index (κ3) is 4.94. The molecule has 0 aliphatic carbocycles. The average molecular weight is 413 g/mol. The number of hydrogen-bond acceptors (Lipinski definition) is 6. The van der Waals surface area contributed by atoms with Gasteiger partial charge in [-0.2, -0.15) is 0 Å². The number of carbonyl (C=O) groups excluding carboxylic acids is 2. The molecule has 0 spiro atoms. The molecule has 0 atom stereocenters. The molecule has 0 fully saturated rings. The lowest BCUT2D eigenvalue weighted by Crippen LogP contribution is -2.16. The second-order valence-corrected chi connectivity index (χ2v) is 7.78. The fourth-order valence-corrected chi connectivity index (χ4v) is 4.34. The number of thioether (sulfide) groups is 1. The SMILES string of the molecule is CCOC(=O)c1c(-c2ccccc2)csc1NC(=O)CSc1cccc(N)c1. The molecule has 1 amide bonds. The smallest absolute Gasteiger partial charge is 0.341 e. The molecule has 0 saturated carbocycles. The van der Waals surface area contributed by atoms with E-state index in [0.717, 1.165) is 16.0 Å². The van der Waals surface area contributed by atoms with Gasteiger partial charge in [-0.1, -0.05) is 36.4 Å². The number of hydrogen-bond donors (Lipinski definition) is 2. The van der Waals surface area contributed by atoms with E-state index in [2.05, 4.69) is 5.32 Å². The maximum Gasteiger partial charge on any atom is 0.341 e. The standard InChI is InChI=1S/C21H20N2O3S2/c1-2-26-21(25)19-17(14-7-4-3-5-8-14)12-28-20(19)23-18(24)13-27-16-10-6-9-15(22)11-16/h3-12H,2,13,22H2,1H3,(H,23,24). The van der Waals surface area contributed by atoms with Gasteiger partial charge in [-0.15, -0.1) is 23.1 Å². The highest BCUT2D eigenvalue weighted by Gasteiger charge is 2.22. The van der Waals surface area contributed by atoms with Crippen molar-refractivity contribution >= 4 is 45.7 Å². The Kier molecular flexibility index (Phi) is 6.73. The maximum absolute atomic E-state index is 12.5. The van der Waals surface area contributed by atoms with Crippen LogP contribution in [0.1, 0.15) is 17.3 Å². The Morgan fingerprint density at radius 1 is 1.14 bits per heavy atom. The van der Waals surface area contributed by atoms with E-state index in [1.54, 1.807) is 13.0 Å². The predicted molar refractivity (Wildman–Crippen MR) is 116 cm³/mol. The van der Waals surface area contributed by atoms with Crippen LogP contribution in [0, 0.1) is 0 Å². The summed E-state index contributed by atoms with van der Waals surface area (Å²) in [5, 5.41) is 5.21. The van der Waals surface area contributed by atoms with E-state index in [1.165, 1.54) is 23.1 Å². The van der Waals surface area contributed by atoms with Crippen LogP contribution in [0.5, 0.6) is 0 Å². The van der Waals surface area contributed by atoms with Gasteiger partial charge in [0.2, 0.25) is 5.91 Å². The lowest BCUT2D eigenvalue weighted by atomic mass is 10.0. The van der Waals surface area contributed by atoms with Crippen LogP contribution in [0.3, 0.4) is 0 Å². The van der Waals surface area contributed by atoms with Crippen molar-refractivity contribution in [2.75, 3.05) is 23.4 Å². The van der Waals surface area contributed by atoms with E-state index in [1.807, 2.05) is 53.9 Å². The molecule has 2 aromatic carbocycles. The summed E-state index contributed by atoms with van der Waals surface area (Å²) >= 11 is 2.70. The Morgan fingerprint density at radius 3 is 2.64 bits per heavy atom. The number of anilines is 2. The lowest BCUT2D eigenvalue weighted by molar-refractivity contribution is -0.113. The molecule has 144 valence electrons. The van der Waals surface area contributed by atoms with Gasteiger partial charge in [-0.05, 0) is 30.7 Å². The summed E-state index contributed by atoms with van der Waals surface area (Å²) in [5.41, 5.74) is 8.46. The van der Waals surface area contributed by atoms with Crippen molar-refractivity contribution in [2.45, 2.75) is 11.8 Å². The van der Waals surface area contributed by atoms with Crippen molar-refractivity contribution in [2.24, 2.45) is 0 Å². The second kappa shape index (κ2) is 9.43. The molecule has 5 nitrogen and oxygen atoms in total. The number of nitrogen functional groups attached to an aromatic ring is 1. The third-order valence-electron chi connectivity index (χ3n) is 3.84.